The first-order valence-corrected chi connectivity index (χ1v) is 4.09. The highest BCUT2D eigenvalue weighted by Crippen LogP contribution is 2.23. The van der Waals surface area contributed by atoms with E-state index in [1.165, 1.54) is 6.92 Å². The summed E-state index contributed by atoms with van der Waals surface area (Å²) in [4.78, 5) is 3.87. The zero-order chi connectivity index (χ0) is 9.84. The number of nitrogens with zero attached hydrogens (tertiary/aromatic N) is 1. The summed E-state index contributed by atoms with van der Waals surface area (Å²) in [6, 6.07) is 0. The van der Waals surface area contributed by atoms with Gasteiger partial charge in [-0.25, -0.2) is 13.8 Å². The van der Waals surface area contributed by atoms with Gasteiger partial charge in [0.2, 0.25) is 0 Å². The van der Waals surface area contributed by atoms with Crippen LogP contribution >= 0.6 is 0 Å². The number of aryl methyl sites for hydroxylation is 2. The zero-order valence-corrected chi connectivity index (χ0v) is 7.39. The molecular formula is C8H12F2N2O. The summed E-state index contributed by atoms with van der Waals surface area (Å²) in [6.07, 6.45) is -1.37. The van der Waals surface area contributed by atoms with E-state index in [1.807, 2.05) is 0 Å². The fraction of sp³-hybridized carbons (Fsp3) is 0.625. The molecule has 0 saturated carbocycles. The first kappa shape index (κ1) is 10.1. The molecule has 1 heterocycles. The van der Waals surface area contributed by atoms with Crippen LogP contribution in [0.4, 0.5) is 8.78 Å². The van der Waals surface area contributed by atoms with Gasteiger partial charge in [0.25, 0.3) is 6.43 Å². The van der Waals surface area contributed by atoms with Crippen molar-refractivity contribution in [3.05, 3.63) is 17.3 Å². The van der Waals surface area contributed by atoms with Crippen molar-refractivity contribution in [1.29, 1.82) is 0 Å². The topological polar surface area (TPSA) is 52.0 Å². The van der Waals surface area contributed by atoms with Crippen LogP contribution in [0.5, 0.6) is 0 Å². The third kappa shape index (κ3) is 2.48. The molecule has 1 aromatic heterocycles. The lowest BCUT2D eigenvalue weighted by molar-refractivity contribution is 0.119. The fourth-order valence-corrected chi connectivity index (χ4v) is 1.03. The Labute approximate surface area is 74.9 Å². The molecule has 0 fully saturated rings. The van der Waals surface area contributed by atoms with Gasteiger partial charge >= 0.3 is 0 Å². The molecule has 0 aliphatic rings. The van der Waals surface area contributed by atoms with Crippen LogP contribution in [-0.4, -0.2) is 11.5 Å². The van der Waals surface area contributed by atoms with Crippen molar-refractivity contribution >= 4 is 0 Å². The number of rotatable bonds is 4. The van der Waals surface area contributed by atoms with Crippen molar-refractivity contribution < 1.29 is 13.2 Å². The minimum atomic E-state index is -2.58. The Hall–Kier alpha value is -0.970. The normalized spacial score (nSPS) is 11.2. The van der Waals surface area contributed by atoms with Gasteiger partial charge in [-0.15, -0.1) is 0 Å². The lowest BCUT2D eigenvalue weighted by atomic mass is 10.3. The monoisotopic (exact) mass is 190 g/mol. The molecule has 3 nitrogen and oxygen atoms in total. The summed E-state index contributed by atoms with van der Waals surface area (Å²) in [5.74, 6) is 0.0188. The standard InChI is InChI=1S/C8H12F2N2O/c1-5-7(8(9)10)13-6(12-5)3-2-4-11/h8H,2-4,11H2,1H3. The molecule has 0 aliphatic carbocycles. The molecule has 0 atom stereocenters. The molecule has 5 heteroatoms. The maximum Gasteiger partial charge on any atom is 0.297 e. The number of alkyl halides is 2. The minimum Gasteiger partial charge on any atom is -0.439 e. The largest absolute Gasteiger partial charge is 0.439 e. The Kier molecular flexibility index (Phi) is 3.36. The highest BCUT2D eigenvalue weighted by atomic mass is 19.3. The first-order valence-electron chi connectivity index (χ1n) is 4.09. The molecule has 0 aromatic carbocycles. The van der Waals surface area contributed by atoms with Gasteiger partial charge < -0.3 is 10.2 Å². The highest BCUT2D eigenvalue weighted by molar-refractivity contribution is 5.08. The Morgan fingerprint density at radius 1 is 1.54 bits per heavy atom. The molecule has 2 N–H and O–H groups in total. The Balaban J connectivity index is 2.71. The van der Waals surface area contributed by atoms with Crippen LogP contribution < -0.4 is 5.73 Å². The van der Waals surface area contributed by atoms with Crippen molar-refractivity contribution in [2.24, 2.45) is 5.73 Å². The van der Waals surface area contributed by atoms with Gasteiger partial charge in [-0.05, 0) is 19.9 Å². The average Bonchev–Trinajstić information content (AvgIpc) is 2.43. The maximum atomic E-state index is 12.2. The van der Waals surface area contributed by atoms with Crippen molar-refractivity contribution in [2.45, 2.75) is 26.2 Å². The molecule has 0 aliphatic heterocycles. The molecule has 0 radical (unpaired) electrons. The summed E-state index contributed by atoms with van der Waals surface area (Å²) in [5.41, 5.74) is 5.53. The number of hydrogen-bond donors (Lipinski definition) is 1. The SMILES string of the molecule is Cc1nc(CCCN)oc1C(F)F. The van der Waals surface area contributed by atoms with Crippen LogP contribution in [0.3, 0.4) is 0 Å². The predicted octanol–water partition coefficient (Wildman–Crippen LogP) is 1.81. The van der Waals surface area contributed by atoms with E-state index in [9.17, 15) is 8.78 Å². The van der Waals surface area contributed by atoms with E-state index in [1.54, 1.807) is 0 Å². The van der Waals surface area contributed by atoms with Crippen molar-refractivity contribution in [1.82, 2.24) is 4.98 Å². The van der Waals surface area contributed by atoms with E-state index < -0.39 is 6.43 Å². The molecule has 0 amide bonds. The predicted molar refractivity (Wildman–Crippen MR) is 43.6 cm³/mol. The minimum absolute atomic E-state index is 0.266. The summed E-state index contributed by atoms with van der Waals surface area (Å²) < 4.78 is 29.3. The summed E-state index contributed by atoms with van der Waals surface area (Å²) in [6.45, 7) is 2.02. The van der Waals surface area contributed by atoms with Gasteiger partial charge in [0, 0.05) is 6.42 Å². The van der Waals surface area contributed by atoms with Gasteiger partial charge in [0.05, 0.1) is 5.69 Å². The van der Waals surface area contributed by atoms with Crippen LogP contribution in [0.2, 0.25) is 0 Å². The van der Waals surface area contributed by atoms with E-state index in [0.717, 1.165) is 0 Å². The van der Waals surface area contributed by atoms with Crippen LogP contribution in [0.1, 0.15) is 30.2 Å². The second-order valence-electron chi connectivity index (χ2n) is 2.75. The molecule has 0 bridgehead atoms. The average molecular weight is 190 g/mol. The molecule has 74 valence electrons. The Morgan fingerprint density at radius 3 is 2.69 bits per heavy atom. The van der Waals surface area contributed by atoms with Crippen LogP contribution in [-0.2, 0) is 6.42 Å². The quantitative estimate of drug-likeness (QED) is 0.787. The van der Waals surface area contributed by atoms with Crippen LogP contribution in [0.15, 0.2) is 4.42 Å². The number of hydrogen-bond acceptors (Lipinski definition) is 3. The Morgan fingerprint density at radius 2 is 2.23 bits per heavy atom. The van der Waals surface area contributed by atoms with Crippen molar-refractivity contribution in [3.8, 4) is 0 Å². The van der Waals surface area contributed by atoms with Crippen LogP contribution in [0, 0.1) is 6.92 Å². The summed E-state index contributed by atoms with van der Waals surface area (Å²) in [5, 5.41) is 0. The van der Waals surface area contributed by atoms with E-state index in [-0.39, 0.29) is 11.5 Å². The van der Waals surface area contributed by atoms with Gasteiger partial charge in [0.1, 0.15) is 0 Å². The van der Waals surface area contributed by atoms with Crippen molar-refractivity contribution in [2.75, 3.05) is 6.54 Å². The second kappa shape index (κ2) is 4.32. The second-order valence-corrected chi connectivity index (χ2v) is 2.75. The molecule has 1 aromatic rings. The number of aromatic nitrogens is 1. The van der Waals surface area contributed by atoms with Gasteiger partial charge in [-0.1, -0.05) is 0 Å². The van der Waals surface area contributed by atoms with Crippen molar-refractivity contribution in [3.63, 3.8) is 0 Å². The highest BCUT2D eigenvalue weighted by Gasteiger charge is 2.17. The molecule has 0 spiro atoms. The molecule has 0 unspecified atom stereocenters. The third-order valence-electron chi connectivity index (χ3n) is 1.67. The van der Waals surface area contributed by atoms with Gasteiger partial charge in [0.15, 0.2) is 11.7 Å². The molecule has 13 heavy (non-hydrogen) atoms. The fourth-order valence-electron chi connectivity index (χ4n) is 1.03. The number of oxazole rings is 1. The third-order valence-corrected chi connectivity index (χ3v) is 1.67. The number of nitrogens with two attached hydrogens (primary N) is 1. The zero-order valence-electron chi connectivity index (χ0n) is 7.39. The smallest absolute Gasteiger partial charge is 0.297 e. The summed E-state index contributed by atoms with van der Waals surface area (Å²) >= 11 is 0. The lowest BCUT2D eigenvalue weighted by Gasteiger charge is -1.93. The van der Waals surface area contributed by atoms with Gasteiger partial charge in [-0.3, -0.25) is 0 Å². The first-order chi connectivity index (χ1) is 6.15. The van der Waals surface area contributed by atoms with E-state index in [0.29, 0.717) is 25.3 Å². The van der Waals surface area contributed by atoms with E-state index in [2.05, 4.69) is 4.98 Å². The van der Waals surface area contributed by atoms with E-state index >= 15 is 0 Å². The lowest BCUT2D eigenvalue weighted by Crippen LogP contribution is -2.00. The maximum absolute atomic E-state index is 12.2. The molecule has 0 saturated heterocycles. The summed E-state index contributed by atoms with van der Waals surface area (Å²) in [7, 11) is 0. The molecular weight excluding hydrogens is 178 g/mol. The van der Waals surface area contributed by atoms with Gasteiger partial charge in [-0.2, -0.15) is 0 Å². The number of halogens is 2. The van der Waals surface area contributed by atoms with Crippen LogP contribution in [0.25, 0.3) is 0 Å². The Bertz CT molecular complexity index is 273. The van der Waals surface area contributed by atoms with E-state index in [4.69, 9.17) is 10.2 Å². The molecule has 1 rings (SSSR count).